The van der Waals surface area contributed by atoms with Gasteiger partial charge in [0.2, 0.25) is 11.8 Å². The summed E-state index contributed by atoms with van der Waals surface area (Å²) in [4.78, 5) is 15.1. The highest BCUT2D eigenvalue weighted by Crippen LogP contribution is 2.38. The molecule has 0 N–H and O–H groups in total. The fraction of sp³-hybridized carbons (Fsp3) is 0.444. The number of amides is 1. The van der Waals surface area contributed by atoms with Gasteiger partial charge in [-0.3, -0.25) is 4.79 Å². The Labute approximate surface area is 210 Å². The Balaban J connectivity index is 1.22. The minimum absolute atomic E-state index is 0.0415. The maximum absolute atomic E-state index is 13.1. The van der Waals surface area contributed by atoms with Gasteiger partial charge in [0.1, 0.15) is 0 Å². The summed E-state index contributed by atoms with van der Waals surface area (Å²) in [6, 6.07) is 14.2. The standard InChI is InChI=1S/C27H31N3O4S/c1-27(2,3)20-10-7-18(8-11-20)25-28-29-26(34-25)35-17-24(31)30-13-4-6-21(30)19-9-12-22-23(16-19)33-15-5-14-32-22/h7-12,16,21H,4-6,13-15,17H2,1-3H3. The summed E-state index contributed by atoms with van der Waals surface area (Å²) >= 11 is 1.28. The number of hydrogen-bond acceptors (Lipinski definition) is 7. The molecule has 184 valence electrons. The molecule has 1 aromatic heterocycles. The van der Waals surface area contributed by atoms with E-state index in [9.17, 15) is 4.79 Å². The van der Waals surface area contributed by atoms with Gasteiger partial charge in [0, 0.05) is 18.5 Å². The molecule has 2 aromatic carbocycles. The molecule has 2 aliphatic rings. The Morgan fingerprint density at radius 1 is 1.03 bits per heavy atom. The Bertz CT molecular complexity index is 1190. The minimum atomic E-state index is 0.0415. The van der Waals surface area contributed by atoms with E-state index in [1.165, 1.54) is 17.3 Å². The van der Waals surface area contributed by atoms with E-state index in [1.807, 2.05) is 35.2 Å². The Morgan fingerprint density at radius 3 is 2.57 bits per heavy atom. The summed E-state index contributed by atoms with van der Waals surface area (Å²) in [5.74, 6) is 2.33. The number of carbonyl (C=O) groups excluding carboxylic acids is 1. The summed E-state index contributed by atoms with van der Waals surface area (Å²) < 4.78 is 17.4. The van der Waals surface area contributed by atoms with Crippen LogP contribution in [0.1, 0.15) is 57.2 Å². The predicted octanol–water partition coefficient (Wildman–Crippen LogP) is 5.65. The molecule has 0 aliphatic carbocycles. The normalized spacial score (nSPS) is 17.9. The molecule has 0 saturated carbocycles. The van der Waals surface area contributed by atoms with Crippen LogP contribution in [0.5, 0.6) is 11.5 Å². The quantitative estimate of drug-likeness (QED) is 0.425. The number of fused-ring (bicyclic) bond motifs is 1. The Hall–Kier alpha value is -3.00. The van der Waals surface area contributed by atoms with Gasteiger partial charge in [-0.2, -0.15) is 0 Å². The van der Waals surface area contributed by atoms with Crippen LogP contribution < -0.4 is 9.47 Å². The van der Waals surface area contributed by atoms with Crippen molar-refractivity contribution in [2.45, 2.75) is 56.7 Å². The molecule has 8 heteroatoms. The first kappa shape index (κ1) is 23.7. The van der Waals surface area contributed by atoms with Gasteiger partial charge in [0.15, 0.2) is 11.5 Å². The number of rotatable bonds is 5. The van der Waals surface area contributed by atoms with Crippen LogP contribution in [-0.4, -0.2) is 46.5 Å². The zero-order chi connectivity index (χ0) is 24.4. The summed E-state index contributed by atoms with van der Waals surface area (Å²) in [6.45, 7) is 8.60. The highest BCUT2D eigenvalue weighted by molar-refractivity contribution is 7.99. The third-order valence-corrected chi connectivity index (χ3v) is 7.26. The first-order chi connectivity index (χ1) is 16.9. The van der Waals surface area contributed by atoms with E-state index in [2.05, 4.69) is 43.1 Å². The van der Waals surface area contributed by atoms with E-state index in [1.54, 1.807) is 0 Å². The third-order valence-electron chi connectivity index (χ3n) is 6.45. The first-order valence-corrected chi connectivity index (χ1v) is 13.1. The number of ether oxygens (including phenoxy) is 2. The molecule has 35 heavy (non-hydrogen) atoms. The molecule has 0 bridgehead atoms. The average Bonchev–Trinajstić information content (AvgIpc) is 3.47. The molecular formula is C27H31N3O4S. The lowest BCUT2D eigenvalue weighted by molar-refractivity contribution is -0.129. The first-order valence-electron chi connectivity index (χ1n) is 12.1. The van der Waals surface area contributed by atoms with E-state index in [4.69, 9.17) is 13.9 Å². The highest BCUT2D eigenvalue weighted by atomic mass is 32.2. The van der Waals surface area contributed by atoms with Crippen molar-refractivity contribution in [3.05, 3.63) is 53.6 Å². The molecule has 1 saturated heterocycles. The number of hydrogen-bond donors (Lipinski definition) is 0. The topological polar surface area (TPSA) is 77.7 Å². The van der Waals surface area contributed by atoms with Crippen LogP contribution in [0.4, 0.5) is 0 Å². The zero-order valence-corrected chi connectivity index (χ0v) is 21.3. The van der Waals surface area contributed by atoms with Crippen molar-refractivity contribution < 1.29 is 18.7 Å². The minimum Gasteiger partial charge on any atom is -0.490 e. The van der Waals surface area contributed by atoms with Crippen molar-refractivity contribution in [3.63, 3.8) is 0 Å². The van der Waals surface area contributed by atoms with E-state index in [0.717, 1.165) is 48.4 Å². The number of carbonyl (C=O) groups is 1. The second-order valence-corrected chi connectivity index (χ2v) is 10.9. The molecule has 7 nitrogen and oxygen atoms in total. The zero-order valence-electron chi connectivity index (χ0n) is 20.5. The summed E-state index contributed by atoms with van der Waals surface area (Å²) in [7, 11) is 0. The maximum Gasteiger partial charge on any atom is 0.277 e. The number of likely N-dealkylation sites (tertiary alicyclic amines) is 1. The van der Waals surface area contributed by atoms with Gasteiger partial charge in [-0.25, -0.2) is 0 Å². The van der Waals surface area contributed by atoms with Gasteiger partial charge in [0.05, 0.1) is 25.0 Å². The molecule has 0 radical (unpaired) electrons. The molecule has 1 fully saturated rings. The summed E-state index contributed by atoms with van der Waals surface area (Å²) in [6.07, 6.45) is 2.78. The van der Waals surface area contributed by atoms with E-state index < -0.39 is 0 Å². The van der Waals surface area contributed by atoms with E-state index >= 15 is 0 Å². The molecule has 3 heterocycles. The van der Waals surface area contributed by atoms with Gasteiger partial charge in [0.25, 0.3) is 5.22 Å². The summed E-state index contributed by atoms with van der Waals surface area (Å²) in [5.41, 5.74) is 3.29. The SMILES string of the molecule is CC(C)(C)c1ccc(-c2nnc(SCC(=O)N3CCCC3c3ccc4c(c3)OCCCO4)o2)cc1. The number of nitrogens with zero attached hydrogens (tertiary/aromatic N) is 3. The molecule has 1 atom stereocenters. The smallest absolute Gasteiger partial charge is 0.277 e. The van der Waals surface area contributed by atoms with Crippen LogP contribution in [0, 0.1) is 0 Å². The average molecular weight is 494 g/mol. The fourth-order valence-corrected chi connectivity index (χ4v) is 5.15. The second kappa shape index (κ2) is 9.93. The van der Waals surface area contributed by atoms with Crippen LogP contribution in [0.15, 0.2) is 52.1 Å². The van der Waals surface area contributed by atoms with Crippen molar-refractivity contribution in [2.75, 3.05) is 25.5 Å². The van der Waals surface area contributed by atoms with Crippen LogP contribution in [0.2, 0.25) is 0 Å². The van der Waals surface area contributed by atoms with Crippen molar-refractivity contribution in [1.82, 2.24) is 15.1 Å². The van der Waals surface area contributed by atoms with Crippen molar-refractivity contribution in [1.29, 1.82) is 0 Å². The molecule has 5 rings (SSSR count). The molecule has 2 aliphatic heterocycles. The summed E-state index contributed by atoms with van der Waals surface area (Å²) in [5, 5.41) is 8.72. The second-order valence-electron chi connectivity index (χ2n) is 9.99. The lowest BCUT2D eigenvalue weighted by Gasteiger charge is -2.25. The number of benzene rings is 2. The van der Waals surface area contributed by atoms with Gasteiger partial charge in [-0.1, -0.05) is 50.7 Å². The number of aromatic nitrogens is 2. The molecule has 1 unspecified atom stereocenters. The van der Waals surface area contributed by atoms with Crippen molar-refractivity contribution >= 4 is 17.7 Å². The monoisotopic (exact) mass is 493 g/mol. The maximum atomic E-state index is 13.1. The molecule has 1 amide bonds. The number of thioether (sulfide) groups is 1. The molecule has 3 aromatic rings. The Kier molecular flexibility index (Phi) is 6.73. The molecule has 0 spiro atoms. The predicted molar refractivity (Wildman–Crippen MR) is 135 cm³/mol. The van der Waals surface area contributed by atoms with E-state index in [-0.39, 0.29) is 23.1 Å². The van der Waals surface area contributed by atoms with Crippen molar-refractivity contribution in [3.8, 4) is 23.0 Å². The molecular weight excluding hydrogens is 462 g/mol. The van der Waals surface area contributed by atoms with Gasteiger partial charge >= 0.3 is 0 Å². The lowest BCUT2D eigenvalue weighted by atomic mass is 9.87. The lowest BCUT2D eigenvalue weighted by Crippen LogP contribution is -2.32. The van der Waals surface area contributed by atoms with Gasteiger partial charge < -0.3 is 18.8 Å². The van der Waals surface area contributed by atoms with Crippen LogP contribution in [0.25, 0.3) is 11.5 Å². The van der Waals surface area contributed by atoms with Crippen LogP contribution in [-0.2, 0) is 10.2 Å². The largest absolute Gasteiger partial charge is 0.490 e. The third kappa shape index (κ3) is 5.32. The van der Waals surface area contributed by atoms with Gasteiger partial charge in [-0.15, -0.1) is 10.2 Å². The van der Waals surface area contributed by atoms with Crippen molar-refractivity contribution in [2.24, 2.45) is 0 Å². The highest BCUT2D eigenvalue weighted by Gasteiger charge is 2.31. The van der Waals surface area contributed by atoms with E-state index in [0.29, 0.717) is 24.3 Å². The fourth-order valence-electron chi connectivity index (χ4n) is 4.50. The van der Waals surface area contributed by atoms with Crippen LogP contribution >= 0.6 is 11.8 Å². The Morgan fingerprint density at radius 2 is 1.80 bits per heavy atom. The van der Waals surface area contributed by atoms with Gasteiger partial charge in [-0.05, 0) is 53.6 Å². The van der Waals surface area contributed by atoms with Crippen LogP contribution in [0.3, 0.4) is 0 Å².